The van der Waals surface area contributed by atoms with Crippen molar-refractivity contribution in [2.24, 2.45) is 5.92 Å². The molecule has 2 saturated heterocycles. The molecule has 6 nitrogen and oxygen atoms in total. The zero-order valence-corrected chi connectivity index (χ0v) is 17.5. The van der Waals surface area contributed by atoms with Crippen molar-refractivity contribution in [1.82, 2.24) is 14.1 Å². The first-order valence-electron chi connectivity index (χ1n) is 9.85. The van der Waals surface area contributed by atoms with E-state index in [1.807, 2.05) is 30.9 Å². The number of sulfonamides is 1. The van der Waals surface area contributed by atoms with Gasteiger partial charge in [0, 0.05) is 39.3 Å². The molecule has 1 amide bonds. The van der Waals surface area contributed by atoms with Gasteiger partial charge in [-0.15, -0.1) is 0 Å². The topological polar surface area (TPSA) is 60.9 Å². The molecular formula is C20H31N3O3S. The summed E-state index contributed by atoms with van der Waals surface area (Å²) < 4.78 is 27.6. The van der Waals surface area contributed by atoms with E-state index < -0.39 is 10.0 Å². The molecule has 2 heterocycles. The second-order valence-electron chi connectivity index (χ2n) is 8.01. The maximum atomic E-state index is 13.0. The molecule has 2 fully saturated rings. The van der Waals surface area contributed by atoms with Gasteiger partial charge in [0.15, 0.2) is 0 Å². The second kappa shape index (κ2) is 8.29. The fourth-order valence-electron chi connectivity index (χ4n) is 3.80. The lowest BCUT2D eigenvalue weighted by Crippen LogP contribution is -2.52. The molecular weight excluding hydrogens is 362 g/mol. The van der Waals surface area contributed by atoms with Crippen molar-refractivity contribution in [2.45, 2.75) is 38.5 Å². The average Bonchev–Trinajstić information content (AvgIpc) is 2.64. The van der Waals surface area contributed by atoms with Gasteiger partial charge in [-0.05, 0) is 49.8 Å². The third-order valence-electron chi connectivity index (χ3n) is 5.79. The van der Waals surface area contributed by atoms with Gasteiger partial charge < -0.3 is 4.90 Å². The lowest BCUT2D eigenvalue weighted by atomic mass is 9.99. The molecule has 27 heavy (non-hydrogen) atoms. The molecule has 150 valence electrons. The Morgan fingerprint density at radius 2 is 1.67 bits per heavy atom. The van der Waals surface area contributed by atoms with Crippen molar-refractivity contribution in [2.75, 3.05) is 45.8 Å². The number of rotatable bonds is 4. The summed E-state index contributed by atoms with van der Waals surface area (Å²) in [5, 5.41) is 0. The second-order valence-corrected chi connectivity index (χ2v) is 9.92. The molecule has 7 heteroatoms. The van der Waals surface area contributed by atoms with Gasteiger partial charge in [0.05, 0.1) is 11.4 Å². The minimum absolute atomic E-state index is 0.174. The summed E-state index contributed by atoms with van der Waals surface area (Å²) in [5.41, 5.74) is 1.72. The van der Waals surface area contributed by atoms with E-state index >= 15 is 0 Å². The van der Waals surface area contributed by atoms with Crippen molar-refractivity contribution < 1.29 is 13.2 Å². The number of piperidine rings is 1. The normalized spacial score (nSPS) is 20.8. The van der Waals surface area contributed by atoms with E-state index in [9.17, 15) is 13.2 Å². The molecule has 0 atom stereocenters. The van der Waals surface area contributed by atoms with Crippen molar-refractivity contribution in [1.29, 1.82) is 0 Å². The fourth-order valence-corrected chi connectivity index (χ4v) is 5.53. The molecule has 0 spiro atoms. The van der Waals surface area contributed by atoms with Gasteiger partial charge in [0.25, 0.3) is 0 Å². The number of benzene rings is 1. The monoisotopic (exact) mass is 393 g/mol. The number of aryl methyl sites for hydroxylation is 2. The molecule has 0 unspecified atom stereocenters. The van der Waals surface area contributed by atoms with Gasteiger partial charge in [0.1, 0.15) is 0 Å². The first-order chi connectivity index (χ1) is 12.8. The molecule has 0 aromatic heterocycles. The summed E-state index contributed by atoms with van der Waals surface area (Å²) in [6.07, 6.45) is 2.15. The summed E-state index contributed by atoms with van der Waals surface area (Å²) in [7, 11) is -3.48. The lowest BCUT2D eigenvalue weighted by molar-refractivity contribution is -0.134. The highest BCUT2D eigenvalue weighted by Gasteiger charge is 2.31. The zero-order chi connectivity index (χ0) is 19.6. The Bertz CT molecular complexity index is 778. The van der Waals surface area contributed by atoms with E-state index in [1.54, 1.807) is 10.4 Å². The molecule has 2 aliphatic heterocycles. The Labute approximate surface area is 163 Å². The van der Waals surface area contributed by atoms with Gasteiger partial charge >= 0.3 is 0 Å². The van der Waals surface area contributed by atoms with Crippen molar-refractivity contribution in [3.8, 4) is 0 Å². The molecule has 1 aromatic carbocycles. The Morgan fingerprint density at radius 1 is 1.04 bits per heavy atom. The van der Waals surface area contributed by atoms with E-state index in [2.05, 4.69) is 11.8 Å². The van der Waals surface area contributed by atoms with E-state index in [4.69, 9.17) is 0 Å². The number of carbonyl (C=O) groups is 1. The number of hydrogen-bond donors (Lipinski definition) is 0. The lowest BCUT2D eigenvalue weighted by Gasteiger charge is -2.36. The first kappa shape index (κ1) is 20.3. The van der Waals surface area contributed by atoms with Crippen LogP contribution in [-0.2, 0) is 14.8 Å². The Kier molecular flexibility index (Phi) is 6.23. The fraction of sp³-hybridized carbons (Fsp3) is 0.650. The summed E-state index contributed by atoms with van der Waals surface area (Å²) in [5.74, 6) is 0.876. The molecule has 1 aromatic rings. The average molecular weight is 394 g/mol. The third-order valence-corrected chi connectivity index (χ3v) is 7.83. The van der Waals surface area contributed by atoms with Crippen molar-refractivity contribution >= 4 is 15.9 Å². The smallest absolute Gasteiger partial charge is 0.243 e. The predicted octanol–water partition coefficient (Wildman–Crippen LogP) is 1.87. The van der Waals surface area contributed by atoms with Crippen LogP contribution in [-0.4, -0.2) is 74.2 Å². The molecule has 0 aliphatic carbocycles. The van der Waals surface area contributed by atoms with Crippen LogP contribution in [0.15, 0.2) is 23.1 Å². The van der Waals surface area contributed by atoms with Crippen LogP contribution >= 0.6 is 0 Å². The molecule has 2 aliphatic rings. The molecule has 0 saturated carbocycles. The van der Waals surface area contributed by atoms with Gasteiger partial charge in [0.2, 0.25) is 15.9 Å². The van der Waals surface area contributed by atoms with Crippen LogP contribution in [0, 0.1) is 19.8 Å². The van der Waals surface area contributed by atoms with Crippen LogP contribution in [0.4, 0.5) is 0 Å². The summed E-state index contributed by atoms with van der Waals surface area (Å²) in [6, 6.07) is 5.54. The maximum Gasteiger partial charge on any atom is 0.243 e. The van der Waals surface area contributed by atoms with Gasteiger partial charge in [-0.1, -0.05) is 19.1 Å². The Morgan fingerprint density at radius 3 is 2.30 bits per heavy atom. The van der Waals surface area contributed by atoms with Crippen LogP contribution in [0.1, 0.15) is 30.9 Å². The number of likely N-dealkylation sites (tertiary alicyclic amines) is 1. The highest BCUT2D eigenvalue weighted by molar-refractivity contribution is 7.89. The van der Waals surface area contributed by atoms with Gasteiger partial charge in [-0.2, -0.15) is 4.31 Å². The summed E-state index contributed by atoms with van der Waals surface area (Å²) >= 11 is 0. The first-order valence-corrected chi connectivity index (χ1v) is 11.3. The van der Waals surface area contributed by atoms with Crippen molar-refractivity contribution in [3.63, 3.8) is 0 Å². The SMILES string of the molecule is Cc1ccc(C)c(S(=O)(=O)N2CCN(CC(=O)N3CCC(C)CC3)CC2)c1. The Balaban J connectivity index is 1.57. The van der Waals surface area contributed by atoms with Crippen LogP contribution in [0.5, 0.6) is 0 Å². The van der Waals surface area contributed by atoms with Crippen molar-refractivity contribution in [3.05, 3.63) is 29.3 Å². The highest BCUT2D eigenvalue weighted by Crippen LogP contribution is 2.22. The van der Waals surface area contributed by atoms with Crippen LogP contribution < -0.4 is 0 Å². The zero-order valence-electron chi connectivity index (χ0n) is 16.6. The molecule has 0 N–H and O–H groups in total. The quantitative estimate of drug-likeness (QED) is 0.784. The number of piperazine rings is 1. The number of carbonyl (C=O) groups excluding carboxylic acids is 1. The van der Waals surface area contributed by atoms with E-state index in [1.165, 1.54) is 0 Å². The Hall–Kier alpha value is -1.44. The predicted molar refractivity (Wildman–Crippen MR) is 106 cm³/mol. The van der Waals surface area contributed by atoms with E-state index in [-0.39, 0.29) is 5.91 Å². The van der Waals surface area contributed by atoms with E-state index in [0.29, 0.717) is 43.5 Å². The summed E-state index contributed by atoms with van der Waals surface area (Å²) in [4.78, 5) is 16.9. The van der Waals surface area contributed by atoms with Crippen LogP contribution in [0.3, 0.4) is 0 Å². The minimum Gasteiger partial charge on any atom is -0.342 e. The third kappa shape index (κ3) is 4.70. The number of amides is 1. The number of nitrogens with zero attached hydrogens (tertiary/aromatic N) is 3. The van der Waals surface area contributed by atoms with Gasteiger partial charge in [-0.3, -0.25) is 9.69 Å². The largest absolute Gasteiger partial charge is 0.342 e. The number of hydrogen-bond acceptors (Lipinski definition) is 4. The van der Waals surface area contributed by atoms with Crippen LogP contribution in [0.2, 0.25) is 0 Å². The summed E-state index contributed by atoms with van der Waals surface area (Å²) in [6.45, 7) is 10.1. The van der Waals surface area contributed by atoms with E-state index in [0.717, 1.165) is 37.1 Å². The van der Waals surface area contributed by atoms with Crippen LogP contribution in [0.25, 0.3) is 0 Å². The minimum atomic E-state index is -3.48. The molecule has 0 bridgehead atoms. The highest BCUT2D eigenvalue weighted by atomic mass is 32.2. The molecule has 3 rings (SSSR count). The molecule has 0 radical (unpaired) electrons. The maximum absolute atomic E-state index is 13.0. The standard InChI is InChI=1S/C20H31N3O3S/c1-16-6-8-22(9-7-16)20(24)15-21-10-12-23(13-11-21)27(25,26)19-14-17(2)4-5-18(19)3/h4-5,14,16H,6-13,15H2,1-3H3. The van der Waals surface area contributed by atoms with Gasteiger partial charge in [-0.25, -0.2) is 8.42 Å².